The average molecular weight is 490 g/mol. The van der Waals surface area contributed by atoms with E-state index in [1.165, 1.54) is 4.90 Å². The van der Waals surface area contributed by atoms with Crippen LogP contribution in [0.3, 0.4) is 0 Å². The van der Waals surface area contributed by atoms with E-state index in [2.05, 4.69) is 5.32 Å². The highest BCUT2D eigenvalue weighted by atomic mass is 16.2. The second-order valence-corrected chi connectivity index (χ2v) is 10.5. The summed E-state index contributed by atoms with van der Waals surface area (Å²) >= 11 is 0. The number of nitrogens with zero attached hydrogens (tertiary/aromatic N) is 2. The number of carbonyl (C=O) groups excluding carboxylic acids is 4. The lowest BCUT2D eigenvalue weighted by Gasteiger charge is -2.41. The van der Waals surface area contributed by atoms with Crippen LogP contribution in [0, 0.1) is 25.2 Å². The lowest BCUT2D eigenvalue weighted by Crippen LogP contribution is -2.55. The van der Waals surface area contributed by atoms with Crippen LogP contribution in [0.25, 0.3) is 0 Å². The van der Waals surface area contributed by atoms with Crippen LogP contribution < -0.4 is 5.32 Å². The van der Waals surface area contributed by atoms with Gasteiger partial charge in [0.25, 0.3) is 5.91 Å². The standard InChI is InChI=1S/C29H35N3O4/c1-18(2)24(30-25(33)22-17-19(3)11-12-20(22)4)27(35)32-15-13-29(14-16-32)23(21-9-7-6-8-10-21)26(34)31(5)28(29)36/h6-12,17-18,23-24H,13-16H2,1-5H3,(H,30,33)/t23?,24-/m1/s1. The molecule has 2 atom stereocenters. The van der Waals surface area contributed by atoms with E-state index in [9.17, 15) is 19.2 Å². The third-order valence-electron chi connectivity index (χ3n) is 7.82. The molecule has 2 saturated heterocycles. The van der Waals surface area contributed by atoms with Gasteiger partial charge in [-0.15, -0.1) is 0 Å². The predicted octanol–water partition coefficient (Wildman–Crippen LogP) is 3.45. The molecule has 0 radical (unpaired) electrons. The maximum Gasteiger partial charge on any atom is 0.252 e. The van der Waals surface area contributed by atoms with Gasteiger partial charge in [-0.25, -0.2) is 0 Å². The summed E-state index contributed by atoms with van der Waals surface area (Å²) in [6, 6.07) is 14.4. The number of benzene rings is 2. The van der Waals surface area contributed by atoms with E-state index >= 15 is 0 Å². The first-order valence-electron chi connectivity index (χ1n) is 12.6. The molecule has 2 aromatic carbocycles. The summed E-state index contributed by atoms with van der Waals surface area (Å²) in [6.07, 6.45) is 0.811. The van der Waals surface area contributed by atoms with Gasteiger partial charge in [0.1, 0.15) is 6.04 Å². The molecule has 4 rings (SSSR count). The van der Waals surface area contributed by atoms with Crippen molar-refractivity contribution in [2.45, 2.75) is 52.5 Å². The zero-order valence-corrected chi connectivity index (χ0v) is 21.7. The molecule has 1 unspecified atom stereocenters. The normalized spacial score (nSPS) is 20.2. The molecule has 4 amide bonds. The molecule has 1 spiro atoms. The van der Waals surface area contributed by atoms with Crippen LogP contribution in [0.5, 0.6) is 0 Å². The van der Waals surface area contributed by atoms with Crippen LogP contribution in [0.15, 0.2) is 48.5 Å². The van der Waals surface area contributed by atoms with Crippen molar-refractivity contribution in [3.8, 4) is 0 Å². The van der Waals surface area contributed by atoms with Crippen molar-refractivity contribution >= 4 is 23.6 Å². The van der Waals surface area contributed by atoms with E-state index in [-0.39, 0.29) is 29.5 Å². The van der Waals surface area contributed by atoms with Crippen molar-refractivity contribution in [3.63, 3.8) is 0 Å². The second kappa shape index (κ2) is 9.88. The molecule has 36 heavy (non-hydrogen) atoms. The first-order chi connectivity index (χ1) is 17.1. The summed E-state index contributed by atoms with van der Waals surface area (Å²) in [5, 5.41) is 2.96. The molecule has 2 fully saturated rings. The Balaban J connectivity index is 1.52. The van der Waals surface area contributed by atoms with E-state index < -0.39 is 17.4 Å². The fourth-order valence-electron chi connectivity index (χ4n) is 5.63. The second-order valence-electron chi connectivity index (χ2n) is 10.5. The number of hydrogen-bond acceptors (Lipinski definition) is 4. The van der Waals surface area contributed by atoms with Crippen LogP contribution in [-0.2, 0) is 14.4 Å². The van der Waals surface area contributed by atoms with Crippen LogP contribution >= 0.6 is 0 Å². The van der Waals surface area contributed by atoms with Gasteiger partial charge < -0.3 is 10.2 Å². The van der Waals surface area contributed by atoms with Gasteiger partial charge in [-0.3, -0.25) is 24.1 Å². The fraction of sp³-hybridized carbons (Fsp3) is 0.448. The lowest BCUT2D eigenvalue weighted by atomic mass is 9.67. The Morgan fingerprint density at radius 1 is 1.00 bits per heavy atom. The summed E-state index contributed by atoms with van der Waals surface area (Å²) in [7, 11) is 1.55. The predicted molar refractivity (Wildman–Crippen MR) is 137 cm³/mol. The third-order valence-corrected chi connectivity index (χ3v) is 7.82. The fourth-order valence-corrected chi connectivity index (χ4v) is 5.63. The highest BCUT2D eigenvalue weighted by molar-refractivity contribution is 6.10. The molecule has 2 aromatic rings. The Kier molecular flexibility index (Phi) is 7.03. The number of piperidine rings is 1. The molecule has 7 heteroatoms. The highest BCUT2D eigenvalue weighted by Gasteiger charge is 2.59. The van der Waals surface area contributed by atoms with Crippen molar-refractivity contribution in [1.29, 1.82) is 0 Å². The van der Waals surface area contributed by atoms with Gasteiger partial charge in [0.05, 0.1) is 11.3 Å². The number of likely N-dealkylation sites (tertiary alicyclic amines) is 2. The number of aryl methyl sites for hydroxylation is 2. The van der Waals surface area contributed by atoms with Crippen molar-refractivity contribution in [3.05, 3.63) is 70.8 Å². The smallest absolute Gasteiger partial charge is 0.252 e. The Morgan fingerprint density at radius 3 is 2.25 bits per heavy atom. The van der Waals surface area contributed by atoms with Gasteiger partial charge in [-0.2, -0.15) is 0 Å². The first-order valence-corrected chi connectivity index (χ1v) is 12.6. The van der Waals surface area contributed by atoms with Gasteiger partial charge >= 0.3 is 0 Å². The SMILES string of the molecule is Cc1ccc(C)c(C(=O)N[C@@H](C(=O)N2CCC3(CC2)C(=O)N(C)C(=O)C3c2ccccc2)C(C)C)c1. The molecule has 190 valence electrons. The Hall–Kier alpha value is -3.48. The van der Waals surface area contributed by atoms with Gasteiger partial charge in [0.2, 0.25) is 17.7 Å². The zero-order chi connectivity index (χ0) is 26.2. The lowest BCUT2D eigenvalue weighted by molar-refractivity contribution is -0.144. The quantitative estimate of drug-likeness (QED) is 0.652. The van der Waals surface area contributed by atoms with Crippen LogP contribution in [0.1, 0.15) is 59.7 Å². The minimum Gasteiger partial charge on any atom is -0.341 e. The van der Waals surface area contributed by atoms with E-state index in [0.29, 0.717) is 31.5 Å². The van der Waals surface area contributed by atoms with E-state index in [4.69, 9.17) is 0 Å². The summed E-state index contributed by atoms with van der Waals surface area (Å²) < 4.78 is 0. The molecule has 2 aliphatic heterocycles. The zero-order valence-electron chi connectivity index (χ0n) is 21.7. The molecular weight excluding hydrogens is 454 g/mol. The maximum atomic E-state index is 13.6. The number of likely N-dealkylation sites (N-methyl/N-ethyl adjacent to an activating group) is 1. The van der Waals surface area contributed by atoms with Crippen molar-refractivity contribution in [1.82, 2.24) is 15.1 Å². The molecule has 2 heterocycles. The van der Waals surface area contributed by atoms with E-state index in [1.807, 2.05) is 76.2 Å². The van der Waals surface area contributed by atoms with E-state index in [0.717, 1.165) is 16.7 Å². The van der Waals surface area contributed by atoms with Gasteiger partial charge in [0.15, 0.2) is 0 Å². The van der Waals surface area contributed by atoms with Crippen LogP contribution in [0.4, 0.5) is 0 Å². The Bertz CT molecular complexity index is 1180. The van der Waals surface area contributed by atoms with Crippen molar-refractivity contribution in [2.24, 2.45) is 11.3 Å². The van der Waals surface area contributed by atoms with Crippen molar-refractivity contribution in [2.75, 3.05) is 20.1 Å². The Labute approximate surface area is 212 Å². The highest BCUT2D eigenvalue weighted by Crippen LogP contribution is 2.51. The first kappa shape index (κ1) is 25.6. The summed E-state index contributed by atoms with van der Waals surface area (Å²) in [6.45, 7) is 8.36. The maximum absolute atomic E-state index is 13.6. The minimum absolute atomic E-state index is 0.111. The summed E-state index contributed by atoms with van der Waals surface area (Å²) in [4.78, 5) is 56.0. The van der Waals surface area contributed by atoms with E-state index in [1.54, 1.807) is 11.9 Å². The largest absolute Gasteiger partial charge is 0.341 e. The van der Waals surface area contributed by atoms with Crippen LogP contribution in [-0.4, -0.2) is 59.6 Å². The molecule has 2 aliphatic rings. The number of rotatable bonds is 5. The Morgan fingerprint density at radius 2 is 1.64 bits per heavy atom. The van der Waals surface area contributed by atoms with Gasteiger partial charge in [0, 0.05) is 25.7 Å². The topological polar surface area (TPSA) is 86.8 Å². The minimum atomic E-state index is -0.848. The van der Waals surface area contributed by atoms with Gasteiger partial charge in [-0.05, 0) is 49.8 Å². The molecule has 7 nitrogen and oxygen atoms in total. The molecule has 0 aromatic heterocycles. The van der Waals surface area contributed by atoms with Crippen molar-refractivity contribution < 1.29 is 19.2 Å². The number of carbonyl (C=O) groups is 4. The molecule has 0 aliphatic carbocycles. The average Bonchev–Trinajstić information content (AvgIpc) is 3.04. The number of amides is 4. The van der Waals surface area contributed by atoms with Gasteiger partial charge in [-0.1, -0.05) is 61.9 Å². The molecule has 0 saturated carbocycles. The number of nitrogens with one attached hydrogen (secondary N) is 1. The molecule has 1 N–H and O–H groups in total. The number of hydrogen-bond donors (Lipinski definition) is 1. The molecule has 0 bridgehead atoms. The molecular formula is C29H35N3O4. The van der Waals surface area contributed by atoms with Crippen LogP contribution in [0.2, 0.25) is 0 Å². The summed E-state index contributed by atoms with van der Waals surface area (Å²) in [5.74, 6) is -1.43. The third kappa shape index (κ3) is 4.43. The summed E-state index contributed by atoms with van der Waals surface area (Å²) in [5.41, 5.74) is 2.39. The number of imide groups is 1. The monoisotopic (exact) mass is 489 g/mol.